The van der Waals surface area contributed by atoms with Gasteiger partial charge >= 0.3 is 5.97 Å². The summed E-state index contributed by atoms with van der Waals surface area (Å²) in [6.45, 7) is 3.54. The lowest BCUT2D eigenvalue weighted by Gasteiger charge is -2.14. The second-order valence-electron chi connectivity index (χ2n) is 3.85. The molecule has 5 nitrogen and oxygen atoms in total. The Labute approximate surface area is 89.2 Å². The minimum atomic E-state index is -0.893. The predicted molar refractivity (Wildman–Crippen MR) is 55.4 cm³/mol. The lowest BCUT2D eigenvalue weighted by molar-refractivity contribution is -0.145. The largest absolute Gasteiger partial charge is 0.481 e. The molecular weight excluding hydrogens is 196 g/mol. The Bertz CT molecular complexity index is 243. The zero-order valence-electron chi connectivity index (χ0n) is 8.95. The molecule has 2 atom stereocenters. The number of carboxylic acid groups (broad SMARTS) is 1. The summed E-state index contributed by atoms with van der Waals surface area (Å²) in [5.41, 5.74) is 0. The van der Waals surface area contributed by atoms with Gasteiger partial charge in [0.1, 0.15) is 0 Å². The number of nitrogens with one attached hydrogen (secondary N) is 2. The van der Waals surface area contributed by atoms with Crippen molar-refractivity contribution in [3.63, 3.8) is 0 Å². The summed E-state index contributed by atoms with van der Waals surface area (Å²) in [7, 11) is 0. The van der Waals surface area contributed by atoms with E-state index in [1.54, 1.807) is 0 Å². The van der Waals surface area contributed by atoms with Crippen LogP contribution in [-0.4, -0.2) is 36.6 Å². The number of carbonyl (C=O) groups is 2. The van der Waals surface area contributed by atoms with E-state index in [4.69, 9.17) is 5.11 Å². The van der Waals surface area contributed by atoms with Crippen LogP contribution in [0.2, 0.25) is 0 Å². The van der Waals surface area contributed by atoms with Gasteiger partial charge in [-0.05, 0) is 6.42 Å². The first-order valence-electron chi connectivity index (χ1n) is 5.38. The van der Waals surface area contributed by atoms with Gasteiger partial charge in [0.2, 0.25) is 5.91 Å². The molecule has 0 aromatic rings. The Morgan fingerprint density at radius 1 is 1.40 bits per heavy atom. The standard InChI is InChI=1S/C10H18N2O3/c1-2-3-4-12-9(13)7-5-11-6-8(7)10(14)15/h7-8,11H,2-6H2,1H3,(H,12,13)(H,14,15)/t7-,8+/m1/s1. The fraction of sp³-hybridized carbons (Fsp3) is 0.800. The molecule has 1 heterocycles. The van der Waals surface area contributed by atoms with Crippen molar-refractivity contribution in [3.8, 4) is 0 Å². The van der Waals surface area contributed by atoms with Gasteiger partial charge in [-0.2, -0.15) is 0 Å². The van der Waals surface area contributed by atoms with E-state index >= 15 is 0 Å². The molecular formula is C10H18N2O3. The molecule has 0 radical (unpaired) electrons. The highest BCUT2D eigenvalue weighted by molar-refractivity contribution is 5.85. The third kappa shape index (κ3) is 3.20. The summed E-state index contributed by atoms with van der Waals surface area (Å²) in [6.07, 6.45) is 1.95. The molecule has 0 aromatic carbocycles. The van der Waals surface area contributed by atoms with Gasteiger partial charge in [0.05, 0.1) is 11.8 Å². The van der Waals surface area contributed by atoms with Crippen LogP contribution in [0.1, 0.15) is 19.8 Å². The van der Waals surface area contributed by atoms with Crippen LogP contribution in [-0.2, 0) is 9.59 Å². The molecule has 3 N–H and O–H groups in total. The van der Waals surface area contributed by atoms with E-state index in [1.807, 2.05) is 6.92 Å². The Hall–Kier alpha value is -1.10. The van der Waals surface area contributed by atoms with Gasteiger partial charge in [-0.3, -0.25) is 9.59 Å². The Balaban J connectivity index is 2.40. The van der Waals surface area contributed by atoms with E-state index in [0.717, 1.165) is 12.8 Å². The minimum Gasteiger partial charge on any atom is -0.481 e. The molecule has 0 saturated carbocycles. The first-order valence-corrected chi connectivity index (χ1v) is 5.38. The molecule has 0 spiro atoms. The molecule has 0 bridgehead atoms. The maximum absolute atomic E-state index is 11.6. The van der Waals surface area contributed by atoms with Gasteiger partial charge in [-0.15, -0.1) is 0 Å². The van der Waals surface area contributed by atoms with Crippen LogP contribution in [0.25, 0.3) is 0 Å². The summed E-state index contributed by atoms with van der Waals surface area (Å²) < 4.78 is 0. The average molecular weight is 214 g/mol. The van der Waals surface area contributed by atoms with Crippen LogP contribution in [0, 0.1) is 11.8 Å². The fourth-order valence-electron chi connectivity index (χ4n) is 1.73. The average Bonchev–Trinajstić information content (AvgIpc) is 2.66. The highest BCUT2D eigenvalue weighted by Crippen LogP contribution is 2.16. The molecule has 0 unspecified atom stereocenters. The predicted octanol–water partition coefficient (Wildman–Crippen LogP) is -0.177. The molecule has 1 rings (SSSR count). The fourth-order valence-corrected chi connectivity index (χ4v) is 1.73. The molecule has 1 aliphatic heterocycles. The van der Waals surface area contributed by atoms with E-state index < -0.39 is 17.8 Å². The molecule has 0 aliphatic carbocycles. The number of carbonyl (C=O) groups excluding carboxylic acids is 1. The maximum Gasteiger partial charge on any atom is 0.308 e. The van der Waals surface area contributed by atoms with Crippen molar-refractivity contribution in [2.45, 2.75) is 19.8 Å². The lowest BCUT2D eigenvalue weighted by atomic mass is 9.95. The van der Waals surface area contributed by atoms with Crippen LogP contribution in [0.3, 0.4) is 0 Å². The second-order valence-corrected chi connectivity index (χ2v) is 3.85. The normalized spacial score (nSPS) is 25.1. The van der Waals surface area contributed by atoms with E-state index in [-0.39, 0.29) is 5.91 Å². The summed E-state index contributed by atoms with van der Waals surface area (Å²) >= 11 is 0. The van der Waals surface area contributed by atoms with Crippen molar-refractivity contribution in [2.24, 2.45) is 11.8 Å². The van der Waals surface area contributed by atoms with Gasteiger partial charge in [0.25, 0.3) is 0 Å². The molecule has 0 aromatic heterocycles. The van der Waals surface area contributed by atoms with E-state index in [1.165, 1.54) is 0 Å². The van der Waals surface area contributed by atoms with Crippen molar-refractivity contribution in [2.75, 3.05) is 19.6 Å². The van der Waals surface area contributed by atoms with Crippen LogP contribution < -0.4 is 10.6 Å². The number of amides is 1. The molecule has 1 amide bonds. The summed E-state index contributed by atoms with van der Waals surface area (Å²) in [4.78, 5) is 22.4. The SMILES string of the molecule is CCCCNC(=O)[C@@H]1CNC[C@@H]1C(=O)O. The topological polar surface area (TPSA) is 78.4 Å². The van der Waals surface area contributed by atoms with Gasteiger partial charge in [0, 0.05) is 19.6 Å². The molecule has 1 aliphatic rings. The Morgan fingerprint density at radius 3 is 2.67 bits per heavy atom. The van der Waals surface area contributed by atoms with Crippen LogP contribution in [0.4, 0.5) is 0 Å². The van der Waals surface area contributed by atoms with Crippen molar-refractivity contribution in [3.05, 3.63) is 0 Å². The molecule has 1 fully saturated rings. The number of aliphatic carboxylic acids is 1. The Kier molecular flexibility index (Phi) is 4.55. The molecule has 1 saturated heterocycles. The highest BCUT2D eigenvalue weighted by Gasteiger charge is 2.37. The zero-order valence-corrected chi connectivity index (χ0v) is 8.95. The molecule has 5 heteroatoms. The third-order valence-electron chi connectivity index (χ3n) is 2.70. The number of hydrogen-bond donors (Lipinski definition) is 3. The molecule has 15 heavy (non-hydrogen) atoms. The first kappa shape index (κ1) is 12.0. The smallest absolute Gasteiger partial charge is 0.308 e. The van der Waals surface area contributed by atoms with Gasteiger partial charge in [-0.25, -0.2) is 0 Å². The van der Waals surface area contributed by atoms with Crippen LogP contribution in [0.15, 0.2) is 0 Å². The number of hydrogen-bond acceptors (Lipinski definition) is 3. The highest BCUT2D eigenvalue weighted by atomic mass is 16.4. The lowest BCUT2D eigenvalue weighted by Crippen LogP contribution is -2.37. The maximum atomic E-state index is 11.6. The van der Waals surface area contributed by atoms with Gasteiger partial charge in [0.15, 0.2) is 0 Å². The zero-order chi connectivity index (χ0) is 11.3. The third-order valence-corrected chi connectivity index (χ3v) is 2.70. The van der Waals surface area contributed by atoms with E-state index in [9.17, 15) is 9.59 Å². The van der Waals surface area contributed by atoms with E-state index in [0.29, 0.717) is 19.6 Å². The van der Waals surface area contributed by atoms with Gasteiger partial charge in [-0.1, -0.05) is 13.3 Å². The number of unbranched alkanes of at least 4 members (excludes halogenated alkanes) is 1. The van der Waals surface area contributed by atoms with Crippen LogP contribution in [0.5, 0.6) is 0 Å². The van der Waals surface area contributed by atoms with Crippen molar-refractivity contribution in [1.29, 1.82) is 0 Å². The van der Waals surface area contributed by atoms with Crippen molar-refractivity contribution < 1.29 is 14.7 Å². The van der Waals surface area contributed by atoms with Crippen molar-refractivity contribution in [1.82, 2.24) is 10.6 Å². The molecule has 86 valence electrons. The second kappa shape index (κ2) is 5.70. The Morgan fingerprint density at radius 2 is 2.07 bits per heavy atom. The monoisotopic (exact) mass is 214 g/mol. The van der Waals surface area contributed by atoms with Crippen molar-refractivity contribution >= 4 is 11.9 Å². The van der Waals surface area contributed by atoms with E-state index in [2.05, 4.69) is 10.6 Å². The number of rotatable bonds is 5. The summed E-state index contributed by atoms with van der Waals surface area (Å²) in [6, 6.07) is 0. The minimum absolute atomic E-state index is 0.138. The summed E-state index contributed by atoms with van der Waals surface area (Å²) in [5, 5.41) is 14.6. The summed E-state index contributed by atoms with van der Waals surface area (Å²) in [5.74, 6) is -2.03. The van der Waals surface area contributed by atoms with Gasteiger partial charge < -0.3 is 15.7 Å². The first-order chi connectivity index (χ1) is 7.16. The quantitative estimate of drug-likeness (QED) is 0.555. The van der Waals surface area contributed by atoms with Crippen LogP contribution >= 0.6 is 0 Å². The number of carboxylic acids is 1.